The number of hydrogen-bond acceptors (Lipinski definition) is 4. The van der Waals surface area contributed by atoms with E-state index in [-0.39, 0.29) is 11.6 Å². The van der Waals surface area contributed by atoms with Gasteiger partial charge in [-0.3, -0.25) is 0 Å². The zero-order valence-corrected chi connectivity index (χ0v) is 13.4. The quantitative estimate of drug-likeness (QED) is 0.813. The maximum absolute atomic E-state index is 11.6. The first-order valence-corrected chi connectivity index (χ1v) is 6.86. The number of anilines is 1. The highest BCUT2D eigenvalue weighted by Gasteiger charge is 2.20. The number of carbonyl (C=O) groups is 1. The largest absolute Gasteiger partial charge is 0.465 e. The highest BCUT2D eigenvalue weighted by molar-refractivity contribution is 6.33. The molecule has 5 heteroatoms. The molecule has 1 unspecified atom stereocenters. The molecule has 0 aliphatic heterocycles. The average Bonchev–Trinajstić information content (AvgIpc) is 2.39. The molecule has 0 radical (unpaired) electrons. The zero-order valence-electron chi connectivity index (χ0n) is 12.6. The van der Waals surface area contributed by atoms with Crippen LogP contribution in [0.2, 0.25) is 5.02 Å². The molecule has 0 bridgehead atoms. The Morgan fingerprint density at radius 2 is 2.05 bits per heavy atom. The van der Waals surface area contributed by atoms with Gasteiger partial charge in [0, 0.05) is 18.8 Å². The van der Waals surface area contributed by atoms with Crippen molar-refractivity contribution in [3.05, 3.63) is 28.8 Å². The second-order valence-electron chi connectivity index (χ2n) is 5.40. The molecular formula is C15H22ClNO3. The van der Waals surface area contributed by atoms with Crippen molar-refractivity contribution in [1.29, 1.82) is 0 Å². The Morgan fingerprint density at radius 1 is 1.40 bits per heavy atom. The lowest BCUT2D eigenvalue weighted by molar-refractivity contribution is 0.0128. The molecule has 0 saturated carbocycles. The highest BCUT2D eigenvalue weighted by atomic mass is 35.5. The first-order chi connectivity index (χ1) is 9.29. The Morgan fingerprint density at radius 3 is 2.60 bits per heavy atom. The molecule has 0 fully saturated rings. The number of esters is 1. The van der Waals surface area contributed by atoms with Crippen LogP contribution in [0.5, 0.6) is 0 Å². The van der Waals surface area contributed by atoms with E-state index < -0.39 is 5.97 Å². The predicted molar refractivity (Wildman–Crippen MR) is 81.6 cm³/mol. The smallest absolute Gasteiger partial charge is 0.339 e. The number of nitrogens with one attached hydrogen (secondary N) is 1. The summed E-state index contributed by atoms with van der Waals surface area (Å²) >= 11 is 5.99. The lowest BCUT2D eigenvalue weighted by atomic mass is 9.99. The van der Waals surface area contributed by atoms with Gasteiger partial charge in [-0.2, -0.15) is 0 Å². The van der Waals surface area contributed by atoms with Crippen molar-refractivity contribution in [2.24, 2.45) is 0 Å². The van der Waals surface area contributed by atoms with Crippen LogP contribution in [0.3, 0.4) is 0 Å². The Labute approximate surface area is 125 Å². The van der Waals surface area contributed by atoms with Gasteiger partial charge in [-0.1, -0.05) is 11.6 Å². The van der Waals surface area contributed by atoms with Crippen LogP contribution in [0.4, 0.5) is 5.69 Å². The molecule has 1 atom stereocenters. The number of carbonyl (C=O) groups excluding carboxylic acids is 1. The minimum Gasteiger partial charge on any atom is -0.465 e. The SMILES string of the molecule is COC(=O)c1cc(NC(C)CC(C)(C)OC)ccc1Cl. The molecule has 0 amide bonds. The third-order valence-electron chi connectivity index (χ3n) is 3.14. The molecular weight excluding hydrogens is 278 g/mol. The van der Waals surface area contributed by atoms with Gasteiger partial charge in [-0.25, -0.2) is 4.79 Å². The number of benzene rings is 1. The van der Waals surface area contributed by atoms with Crippen molar-refractivity contribution in [3.8, 4) is 0 Å². The molecule has 0 heterocycles. The summed E-state index contributed by atoms with van der Waals surface area (Å²) in [7, 11) is 3.03. The molecule has 20 heavy (non-hydrogen) atoms. The van der Waals surface area contributed by atoms with Crippen LogP contribution in [0.25, 0.3) is 0 Å². The molecule has 0 spiro atoms. The zero-order chi connectivity index (χ0) is 15.3. The lowest BCUT2D eigenvalue weighted by Gasteiger charge is -2.27. The van der Waals surface area contributed by atoms with Crippen LogP contribution in [0.1, 0.15) is 37.6 Å². The van der Waals surface area contributed by atoms with Crippen LogP contribution >= 0.6 is 11.6 Å². The average molecular weight is 300 g/mol. The summed E-state index contributed by atoms with van der Waals surface area (Å²) in [6, 6.07) is 5.41. The van der Waals surface area contributed by atoms with Crippen molar-refractivity contribution < 1.29 is 14.3 Å². The van der Waals surface area contributed by atoms with Crippen molar-refractivity contribution in [3.63, 3.8) is 0 Å². The van der Waals surface area contributed by atoms with Crippen molar-refractivity contribution in [2.45, 2.75) is 38.8 Å². The minimum absolute atomic E-state index is 0.191. The Bertz CT molecular complexity index is 474. The van der Waals surface area contributed by atoms with Crippen LogP contribution < -0.4 is 5.32 Å². The van der Waals surface area contributed by atoms with Gasteiger partial charge in [-0.15, -0.1) is 0 Å². The number of hydrogen-bond donors (Lipinski definition) is 1. The fourth-order valence-corrected chi connectivity index (χ4v) is 2.23. The van der Waals surface area contributed by atoms with E-state index in [9.17, 15) is 4.79 Å². The van der Waals surface area contributed by atoms with Gasteiger partial charge in [-0.05, 0) is 45.4 Å². The van der Waals surface area contributed by atoms with E-state index in [0.717, 1.165) is 12.1 Å². The van der Waals surface area contributed by atoms with Crippen molar-refractivity contribution in [2.75, 3.05) is 19.5 Å². The maximum atomic E-state index is 11.6. The lowest BCUT2D eigenvalue weighted by Crippen LogP contribution is -2.31. The van der Waals surface area contributed by atoms with Crippen molar-refractivity contribution >= 4 is 23.3 Å². The van der Waals surface area contributed by atoms with E-state index in [0.29, 0.717) is 10.6 Å². The monoisotopic (exact) mass is 299 g/mol. The maximum Gasteiger partial charge on any atom is 0.339 e. The highest BCUT2D eigenvalue weighted by Crippen LogP contribution is 2.23. The minimum atomic E-state index is -0.441. The fourth-order valence-electron chi connectivity index (χ4n) is 2.04. The number of halogens is 1. The summed E-state index contributed by atoms with van der Waals surface area (Å²) < 4.78 is 10.1. The van der Waals surface area contributed by atoms with Gasteiger partial charge >= 0.3 is 5.97 Å². The topological polar surface area (TPSA) is 47.6 Å². The first-order valence-electron chi connectivity index (χ1n) is 6.48. The van der Waals surface area contributed by atoms with Crippen LogP contribution in [-0.4, -0.2) is 31.8 Å². The van der Waals surface area contributed by atoms with Gasteiger partial charge in [0.25, 0.3) is 0 Å². The third-order valence-corrected chi connectivity index (χ3v) is 3.46. The summed E-state index contributed by atoms with van der Waals surface area (Å²) in [4.78, 5) is 11.6. The van der Waals surface area contributed by atoms with E-state index in [2.05, 4.69) is 12.2 Å². The molecule has 1 N–H and O–H groups in total. The number of ether oxygens (including phenoxy) is 2. The second kappa shape index (κ2) is 6.95. The molecule has 1 aromatic rings. The third kappa shape index (κ3) is 4.69. The molecule has 1 aromatic carbocycles. The molecule has 0 aliphatic carbocycles. The predicted octanol–water partition coefficient (Wildman–Crippen LogP) is 3.74. The van der Waals surface area contributed by atoms with E-state index in [1.807, 2.05) is 19.9 Å². The molecule has 0 aliphatic rings. The van der Waals surface area contributed by atoms with Crippen molar-refractivity contribution in [1.82, 2.24) is 0 Å². The molecule has 0 aromatic heterocycles. The normalized spacial score (nSPS) is 12.9. The van der Waals surface area contributed by atoms with Gasteiger partial charge in [0.05, 0.1) is 23.3 Å². The fraction of sp³-hybridized carbons (Fsp3) is 0.533. The first kappa shape index (κ1) is 16.8. The van der Waals surface area contributed by atoms with E-state index in [1.54, 1.807) is 19.2 Å². The van der Waals surface area contributed by atoms with E-state index in [1.165, 1.54) is 7.11 Å². The molecule has 0 saturated heterocycles. The van der Waals surface area contributed by atoms with Gasteiger partial charge in [0.2, 0.25) is 0 Å². The summed E-state index contributed by atoms with van der Waals surface area (Å²) in [6.45, 7) is 6.13. The van der Waals surface area contributed by atoms with Gasteiger partial charge in [0.1, 0.15) is 0 Å². The van der Waals surface area contributed by atoms with E-state index in [4.69, 9.17) is 21.1 Å². The summed E-state index contributed by atoms with van der Waals surface area (Å²) in [5.41, 5.74) is 0.982. The number of rotatable bonds is 6. The molecule has 4 nitrogen and oxygen atoms in total. The molecule has 1 rings (SSSR count). The second-order valence-corrected chi connectivity index (χ2v) is 5.81. The summed E-state index contributed by atoms with van der Waals surface area (Å²) in [5, 5.41) is 3.71. The van der Waals surface area contributed by atoms with Gasteiger partial charge in [0.15, 0.2) is 0 Å². The molecule has 112 valence electrons. The van der Waals surface area contributed by atoms with Crippen LogP contribution in [0, 0.1) is 0 Å². The van der Waals surface area contributed by atoms with Crippen LogP contribution in [0.15, 0.2) is 18.2 Å². The Kier molecular flexibility index (Phi) is 5.84. The Balaban J connectivity index is 2.81. The van der Waals surface area contributed by atoms with Crippen LogP contribution in [-0.2, 0) is 9.47 Å². The summed E-state index contributed by atoms with van der Waals surface area (Å²) in [6.07, 6.45) is 0.833. The standard InChI is InChI=1S/C15H22ClNO3/c1-10(9-15(2,3)20-5)17-11-6-7-13(16)12(8-11)14(18)19-4/h6-8,10,17H,9H2,1-5H3. The summed E-state index contributed by atoms with van der Waals surface area (Å²) in [5.74, 6) is -0.441. The van der Waals surface area contributed by atoms with E-state index >= 15 is 0 Å². The Hall–Kier alpha value is -1.26. The van der Waals surface area contributed by atoms with Gasteiger partial charge < -0.3 is 14.8 Å². The number of methoxy groups -OCH3 is 2.